The average molecular weight is 410 g/mol. The first-order valence-electron chi connectivity index (χ1n) is 10.2. The molecule has 156 valence electrons. The van der Waals surface area contributed by atoms with E-state index in [1.165, 1.54) is 13.1 Å². The molecule has 0 radical (unpaired) electrons. The Morgan fingerprint density at radius 1 is 1.10 bits per heavy atom. The molecule has 2 amide bonds. The van der Waals surface area contributed by atoms with Crippen LogP contribution in [0.15, 0.2) is 42.5 Å². The van der Waals surface area contributed by atoms with Gasteiger partial charge in [0.15, 0.2) is 0 Å². The van der Waals surface area contributed by atoms with Crippen molar-refractivity contribution in [1.29, 1.82) is 0 Å². The minimum Gasteiger partial charge on any atom is -0.486 e. The van der Waals surface area contributed by atoms with Gasteiger partial charge in [-0.25, -0.2) is 4.39 Å². The maximum Gasteiger partial charge on any atom is 0.254 e. The second-order valence-corrected chi connectivity index (χ2v) is 8.08. The molecule has 2 aromatic rings. The predicted octanol–water partition coefficient (Wildman–Crippen LogP) is 2.28. The minimum absolute atomic E-state index is 0.114. The predicted molar refractivity (Wildman–Crippen MR) is 108 cm³/mol. The Kier molecular flexibility index (Phi) is 4.70. The first-order chi connectivity index (χ1) is 14.6. The van der Waals surface area contributed by atoms with Crippen molar-refractivity contribution >= 4 is 11.8 Å². The molecule has 5 rings (SSSR count). The van der Waals surface area contributed by atoms with Crippen LogP contribution in [-0.2, 0) is 4.74 Å². The number of carbonyl (C=O) groups is 2. The van der Waals surface area contributed by atoms with Crippen molar-refractivity contribution in [3.63, 3.8) is 0 Å². The van der Waals surface area contributed by atoms with Gasteiger partial charge < -0.3 is 20.1 Å². The molecule has 1 unspecified atom stereocenters. The lowest BCUT2D eigenvalue weighted by Crippen LogP contribution is -2.30. The van der Waals surface area contributed by atoms with E-state index in [1.54, 1.807) is 6.07 Å². The Labute approximate surface area is 173 Å². The number of carbonyl (C=O) groups excluding carboxylic acids is 2. The molecule has 1 aliphatic carbocycles. The van der Waals surface area contributed by atoms with Crippen LogP contribution < -0.4 is 15.4 Å². The third-order valence-corrected chi connectivity index (χ3v) is 6.39. The number of rotatable bonds is 5. The van der Waals surface area contributed by atoms with Crippen molar-refractivity contribution < 1.29 is 23.5 Å². The molecule has 2 aliphatic heterocycles. The molecule has 0 aromatic heterocycles. The summed E-state index contributed by atoms with van der Waals surface area (Å²) < 4.78 is 25.1. The van der Waals surface area contributed by atoms with Crippen LogP contribution in [0, 0.1) is 11.8 Å². The molecule has 3 aliphatic rings. The van der Waals surface area contributed by atoms with Gasteiger partial charge in [0, 0.05) is 36.1 Å². The van der Waals surface area contributed by atoms with Crippen LogP contribution in [-0.4, -0.2) is 50.9 Å². The molecule has 0 spiro atoms. The second-order valence-electron chi connectivity index (χ2n) is 8.08. The highest BCUT2D eigenvalue weighted by molar-refractivity contribution is 6.02. The number of benzene rings is 2. The second kappa shape index (κ2) is 7.40. The summed E-state index contributed by atoms with van der Waals surface area (Å²) in [6, 6.07) is 12.8. The first-order valence-corrected chi connectivity index (χ1v) is 10.2. The van der Waals surface area contributed by atoms with E-state index in [0.29, 0.717) is 41.9 Å². The van der Waals surface area contributed by atoms with E-state index in [4.69, 9.17) is 9.47 Å². The van der Waals surface area contributed by atoms with Crippen LogP contribution >= 0.6 is 0 Å². The molecule has 2 aromatic carbocycles. The van der Waals surface area contributed by atoms with E-state index < -0.39 is 18.7 Å². The summed E-state index contributed by atoms with van der Waals surface area (Å²) >= 11 is 0. The number of nitrogens with one attached hydrogen (secondary N) is 2. The summed E-state index contributed by atoms with van der Waals surface area (Å²) in [4.78, 5) is 25.5. The number of hydrogen-bond acceptors (Lipinski definition) is 4. The van der Waals surface area contributed by atoms with Gasteiger partial charge in [0.2, 0.25) is 0 Å². The SMILES string of the molecule is CNC(=O)c1cc(C(=O)NC2[C@H]3COC[C@@H]23)cc2c1O[C@H](CF)[C@H]2c1ccccc1. The lowest BCUT2D eigenvalue weighted by molar-refractivity contribution is 0.0929. The third kappa shape index (κ3) is 3.04. The van der Waals surface area contributed by atoms with Gasteiger partial charge in [-0.3, -0.25) is 9.59 Å². The molecule has 2 fully saturated rings. The Balaban J connectivity index is 1.54. The first kappa shape index (κ1) is 19.1. The van der Waals surface area contributed by atoms with Crippen molar-refractivity contribution in [3.05, 3.63) is 64.7 Å². The monoisotopic (exact) mass is 410 g/mol. The van der Waals surface area contributed by atoms with Gasteiger partial charge in [-0.05, 0) is 17.7 Å². The van der Waals surface area contributed by atoms with Crippen molar-refractivity contribution in [2.75, 3.05) is 26.9 Å². The van der Waals surface area contributed by atoms with Gasteiger partial charge in [0.05, 0.1) is 24.7 Å². The molecular weight excluding hydrogens is 387 g/mol. The number of alkyl halides is 1. The summed E-state index contributed by atoms with van der Waals surface area (Å²) in [5.74, 6) is 0.0909. The van der Waals surface area contributed by atoms with Gasteiger partial charge in [-0.2, -0.15) is 0 Å². The van der Waals surface area contributed by atoms with Crippen LogP contribution in [0.25, 0.3) is 0 Å². The van der Waals surface area contributed by atoms with Crippen LogP contribution in [0.1, 0.15) is 37.8 Å². The molecule has 5 atom stereocenters. The topological polar surface area (TPSA) is 76.7 Å². The molecule has 2 N–H and O–H groups in total. The maximum atomic E-state index is 13.9. The molecule has 2 heterocycles. The number of amides is 2. The van der Waals surface area contributed by atoms with Crippen LogP contribution in [0.2, 0.25) is 0 Å². The van der Waals surface area contributed by atoms with E-state index in [0.717, 1.165) is 5.56 Å². The van der Waals surface area contributed by atoms with Crippen molar-refractivity contribution in [1.82, 2.24) is 10.6 Å². The van der Waals surface area contributed by atoms with Gasteiger partial charge in [-0.15, -0.1) is 0 Å². The molecule has 7 heteroatoms. The molecule has 1 saturated carbocycles. The Morgan fingerprint density at radius 2 is 1.83 bits per heavy atom. The summed E-state index contributed by atoms with van der Waals surface area (Å²) in [6.45, 7) is 0.644. The highest BCUT2D eigenvalue weighted by Crippen LogP contribution is 2.46. The summed E-state index contributed by atoms with van der Waals surface area (Å²) in [6.07, 6.45) is -0.746. The van der Waals surface area contributed by atoms with E-state index in [1.807, 2.05) is 30.3 Å². The number of fused-ring (bicyclic) bond motifs is 2. The van der Waals surface area contributed by atoms with Crippen molar-refractivity contribution in [2.24, 2.45) is 11.8 Å². The van der Waals surface area contributed by atoms with Crippen LogP contribution in [0.4, 0.5) is 4.39 Å². The largest absolute Gasteiger partial charge is 0.486 e. The smallest absolute Gasteiger partial charge is 0.254 e. The zero-order valence-corrected chi connectivity index (χ0v) is 16.6. The number of halogens is 1. The van der Waals surface area contributed by atoms with E-state index in [2.05, 4.69) is 10.6 Å². The quantitative estimate of drug-likeness (QED) is 0.793. The fourth-order valence-corrected chi connectivity index (χ4v) is 4.73. The van der Waals surface area contributed by atoms with Gasteiger partial charge in [0.25, 0.3) is 11.8 Å². The Hall–Kier alpha value is -2.93. The molecular formula is C23H23FN2O4. The lowest BCUT2D eigenvalue weighted by atomic mass is 9.86. The minimum atomic E-state index is -0.746. The molecule has 1 saturated heterocycles. The molecule has 30 heavy (non-hydrogen) atoms. The van der Waals surface area contributed by atoms with Crippen LogP contribution in [0.3, 0.4) is 0 Å². The van der Waals surface area contributed by atoms with E-state index in [-0.39, 0.29) is 23.4 Å². The Bertz CT molecular complexity index is 986. The van der Waals surface area contributed by atoms with Gasteiger partial charge in [0.1, 0.15) is 18.5 Å². The fraction of sp³-hybridized carbons (Fsp3) is 0.391. The fourth-order valence-electron chi connectivity index (χ4n) is 4.73. The standard InChI is InChI=1S/C23H23FN2O4/c1-25-23(28)15-8-13(22(27)26-20-16-10-29-11-17(16)20)7-14-19(12-5-3-2-4-6-12)18(9-24)30-21(14)15/h2-8,16-20H,9-11H2,1H3,(H,25,28)(H,26,27)/t16-,17+,18-,19+,20?/m1/s1. The van der Waals surface area contributed by atoms with E-state index >= 15 is 0 Å². The van der Waals surface area contributed by atoms with E-state index in [9.17, 15) is 14.0 Å². The van der Waals surface area contributed by atoms with Gasteiger partial charge >= 0.3 is 0 Å². The van der Waals surface area contributed by atoms with Crippen molar-refractivity contribution in [2.45, 2.75) is 18.1 Å². The average Bonchev–Trinajstić information content (AvgIpc) is 3.14. The molecule has 6 nitrogen and oxygen atoms in total. The highest BCUT2D eigenvalue weighted by atomic mass is 19.1. The zero-order valence-electron chi connectivity index (χ0n) is 16.6. The van der Waals surface area contributed by atoms with Crippen LogP contribution in [0.5, 0.6) is 5.75 Å². The highest BCUT2D eigenvalue weighted by Gasteiger charge is 2.54. The normalized spacial score (nSPS) is 28.3. The third-order valence-electron chi connectivity index (χ3n) is 6.39. The van der Waals surface area contributed by atoms with Gasteiger partial charge in [-0.1, -0.05) is 30.3 Å². The zero-order chi connectivity index (χ0) is 20.8. The molecule has 0 bridgehead atoms. The Morgan fingerprint density at radius 3 is 2.50 bits per heavy atom. The van der Waals surface area contributed by atoms with Crippen molar-refractivity contribution in [3.8, 4) is 5.75 Å². The number of ether oxygens (including phenoxy) is 2. The number of hydrogen-bond donors (Lipinski definition) is 2. The summed E-state index contributed by atoms with van der Waals surface area (Å²) in [5.41, 5.74) is 2.17. The summed E-state index contributed by atoms with van der Waals surface area (Å²) in [7, 11) is 1.52. The maximum absolute atomic E-state index is 13.9. The summed E-state index contributed by atoms with van der Waals surface area (Å²) in [5, 5.41) is 5.65. The lowest BCUT2D eigenvalue weighted by Gasteiger charge is -2.16.